The zero-order chi connectivity index (χ0) is 13.0. The highest BCUT2D eigenvalue weighted by atomic mass is 16.4. The topological polar surface area (TPSA) is 50.2 Å². The minimum absolute atomic E-state index is 0.0574. The molecule has 0 fully saturated rings. The van der Waals surface area contributed by atoms with Gasteiger partial charge >= 0.3 is 5.97 Å². The maximum absolute atomic E-state index is 10.7. The maximum Gasteiger partial charge on any atom is 0.354 e. The van der Waals surface area contributed by atoms with Crippen LogP contribution in [0.1, 0.15) is 16.1 Å². The van der Waals surface area contributed by atoms with E-state index < -0.39 is 5.97 Å². The van der Waals surface area contributed by atoms with Crippen LogP contribution in [0.25, 0.3) is 11.1 Å². The number of benzene rings is 1. The molecule has 1 heterocycles. The number of aromatic carboxylic acids is 1. The zero-order valence-electron chi connectivity index (χ0n) is 9.84. The van der Waals surface area contributed by atoms with E-state index in [0.717, 1.165) is 17.5 Å². The first-order valence-electron chi connectivity index (χ1n) is 5.60. The molecule has 0 aliphatic rings. The van der Waals surface area contributed by atoms with Crippen LogP contribution in [0, 0.1) is 0 Å². The number of carbonyl (C=O) groups is 1. The van der Waals surface area contributed by atoms with Gasteiger partial charge in [0.05, 0.1) is 0 Å². The number of pyridine rings is 1. The number of carboxylic acid groups (broad SMARTS) is 1. The van der Waals surface area contributed by atoms with E-state index in [2.05, 4.69) is 11.6 Å². The van der Waals surface area contributed by atoms with Crippen molar-refractivity contribution < 1.29 is 9.90 Å². The van der Waals surface area contributed by atoms with Crippen LogP contribution in [0.3, 0.4) is 0 Å². The standard InChI is InChI=1S/C15H13NO2/c1-2-3-11-4-6-12(7-5-11)13-8-9-14(15(17)18)16-10-13/h2,4-10H,1,3H2,(H,17,18). The first-order valence-corrected chi connectivity index (χ1v) is 5.60. The normalized spacial score (nSPS) is 10.0. The molecule has 3 nitrogen and oxygen atoms in total. The van der Waals surface area contributed by atoms with Gasteiger partial charge in [-0.05, 0) is 23.6 Å². The van der Waals surface area contributed by atoms with Crippen LogP contribution >= 0.6 is 0 Å². The van der Waals surface area contributed by atoms with E-state index in [9.17, 15) is 4.79 Å². The lowest BCUT2D eigenvalue weighted by molar-refractivity contribution is 0.0690. The van der Waals surface area contributed by atoms with Crippen LogP contribution in [0.4, 0.5) is 0 Å². The fourth-order valence-corrected chi connectivity index (χ4v) is 1.69. The van der Waals surface area contributed by atoms with Crippen LogP contribution in [-0.4, -0.2) is 16.1 Å². The number of nitrogens with zero attached hydrogens (tertiary/aromatic N) is 1. The van der Waals surface area contributed by atoms with Crippen molar-refractivity contribution in [1.82, 2.24) is 4.98 Å². The van der Waals surface area contributed by atoms with Gasteiger partial charge in [0.2, 0.25) is 0 Å². The summed E-state index contributed by atoms with van der Waals surface area (Å²) in [7, 11) is 0. The lowest BCUT2D eigenvalue weighted by Gasteiger charge is -2.03. The molecule has 0 aliphatic carbocycles. The number of aromatic nitrogens is 1. The summed E-state index contributed by atoms with van der Waals surface area (Å²) < 4.78 is 0. The molecular formula is C15H13NO2. The number of allylic oxidation sites excluding steroid dienone is 1. The number of hydrogen-bond donors (Lipinski definition) is 1. The smallest absolute Gasteiger partial charge is 0.354 e. The quantitative estimate of drug-likeness (QED) is 0.834. The van der Waals surface area contributed by atoms with Crippen LogP contribution in [0.2, 0.25) is 0 Å². The van der Waals surface area contributed by atoms with Gasteiger partial charge in [0, 0.05) is 11.8 Å². The Morgan fingerprint density at radius 3 is 2.33 bits per heavy atom. The highest BCUT2D eigenvalue weighted by Crippen LogP contribution is 2.19. The predicted octanol–water partition coefficient (Wildman–Crippen LogP) is 3.18. The molecular weight excluding hydrogens is 226 g/mol. The van der Waals surface area contributed by atoms with Crippen molar-refractivity contribution >= 4 is 5.97 Å². The van der Waals surface area contributed by atoms with E-state index in [1.807, 2.05) is 30.3 Å². The summed E-state index contributed by atoms with van der Waals surface area (Å²) in [6, 6.07) is 11.3. The molecule has 90 valence electrons. The van der Waals surface area contributed by atoms with Crippen molar-refractivity contribution in [1.29, 1.82) is 0 Å². The van der Waals surface area contributed by atoms with Gasteiger partial charge < -0.3 is 5.11 Å². The van der Waals surface area contributed by atoms with E-state index >= 15 is 0 Å². The highest BCUT2D eigenvalue weighted by Gasteiger charge is 2.04. The molecule has 0 radical (unpaired) electrons. The third-order valence-corrected chi connectivity index (χ3v) is 2.65. The van der Waals surface area contributed by atoms with Crippen molar-refractivity contribution in [2.45, 2.75) is 6.42 Å². The molecule has 2 rings (SSSR count). The van der Waals surface area contributed by atoms with Gasteiger partial charge in [-0.1, -0.05) is 36.4 Å². The number of rotatable bonds is 4. The second kappa shape index (κ2) is 5.27. The lowest BCUT2D eigenvalue weighted by atomic mass is 10.0. The van der Waals surface area contributed by atoms with E-state index in [1.54, 1.807) is 12.3 Å². The van der Waals surface area contributed by atoms with Gasteiger partial charge in [-0.25, -0.2) is 9.78 Å². The van der Waals surface area contributed by atoms with Crippen LogP contribution in [0.15, 0.2) is 55.3 Å². The van der Waals surface area contributed by atoms with Crippen molar-refractivity contribution in [3.8, 4) is 11.1 Å². The predicted molar refractivity (Wildman–Crippen MR) is 70.5 cm³/mol. The van der Waals surface area contributed by atoms with E-state index in [1.165, 1.54) is 11.6 Å². The average Bonchev–Trinajstić information content (AvgIpc) is 2.40. The number of hydrogen-bond acceptors (Lipinski definition) is 2. The Hall–Kier alpha value is -2.42. The summed E-state index contributed by atoms with van der Waals surface area (Å²) in [6.45, 7) is 3.70. The van der Waals surface area contributed by atoms with Crippen molar-refractivity contribution in [2.75, 3.05) is 0 Å². The molecule has 0 saturated carbocycles. The molecule has 0 spiro atoms. The SMILES string of the molecule is C=CCc1ccc(-c2ccc(C(=O)O)nc2)cc1. The van der Waals surface area contributed by atoms with Crippen molar-refractivity contribution in [3.05, 3.63) is 66.5 Å². The largest absolute Gasteiger partial charge is 0.477 e. The second-order valence-electron chi connectivity index (χ2n) is 3.93. The molecule has 0 aliphatic heterocycles. The summed E-state index contributed by atoms with van der Waals surface area (Å²) >= 11 is 0. The van der Waals surface area contributed by atoms with E-state index in [-0.39, 0.29) is 5.69 Å². The van der Waals surface area contributed by atoms with Gasteiger partial charge in [-0.15, -0.1) is 6.58 Å². The molecule has 0 atom stereocenters. The van der Waals surface area contributed by atoms with E-state index in [0.29, 0.717) is 0 Å². The minimum Gasteiger partial charge on any atom is -0.477 e. The fourth-order valence-electron chi connectivity index (χ4n) is 1.69. The molecule has 3 heteroatoms. The Kier molecular flexibility index (Phi) is 3.53. The lowest BCUT2D eigenvalue weighted by Crippen LogP contribution is -1.99. The third-order valence-electron chi connectivity index (χ3n) is 2.65. The molecule has 18 heavy (non-hydrogen) atoms. The minimum atomic E-state index is -1.01. The molecule has 1 aromatic carbocycles. The molecule has 0 unspecified atom stereocenters. The summed E-state index contributed by atoms with van der Waals surface area (Å²) in [5, 5.41) is 8.77. The monoisotopic (exact) mass is 239 g/mol. The third kappa shape index (κ3) is 2.63. The molecule has 0 bridgehead atoms. The van der Waals surface area contributed by atoms with Gasteiger partial charge in [0.15, 0.2) is 0 Å². The zero-order valence-corrected chi connectivity index (χ0v) is 9.84. The Balaban J connectivity index is 2.25. The molecule has 1 aromatic heterocycles. The molecule has 0 saturated heterocycles. The number of carboxylic acids is 1. The maximum atomic E-state index is 10.7. The Bertz CT molecular complexity index is 556. The van der Waals surface area contributed by atoms with Gasteiger partial charge in [0.1, 0.15) is 5.69 Å². The summed E-state index contributed by atoms with van der Waals surface area (Å²) in [6.07, 6.45) is 4.28. The first kappa shape index (κ1) is 12.0. The Morgan fingerprint density at radius 1 is 1.17 bits per heavy atom. The Labute approximate surface area is 105 Å². The van der Waals surface area contributed by atoms with Gasteiger partial charge in [0.25, 0.3) is 0 Å². The molecule has 1 N–H and O–H groups in total. The summed E-state index contributed by atoms with van der Waals surface area (Å²) in [4.78, 5) is 14.6. The summed E-state index contributed by atoms with van der Waals surface area (Å²) in [5.41, 5.74) is 3.18. The van der Waals surface area contributed by atoms with Gasteiger partial charge in [-0.3, -0.25) is 0 Å². The molecule has 2 aromatic rings. The van der Waals surface area contributed by atoms with Crippen molar-refractivity contribution in [2.24, 2.45) is 0 Å². The van der Waals surface area contributed by atoms with Crippen molar-refractivity contribution in [3.63, 3.8) is 0 Å². The highest BCUT2D eigenvalue weighted by molar-refractivity contribution is 5.85. The van der Waals surface area contributed by atoms with Crippen LogP contribution in [0.5, 0.6) is 0 Å². The fraction of sp³-hybridized carbons (Fsp3) is 0.0667. The van der Waals surface area contributed by atoms with Crippen LogP contribution in [-0.2, 0) is 6.42 Å². The molecule has 0 amide bonds. The van der Waals surface area contributed by atoms with Gasteiger partial charge in [-0.2, -0.15) is 0 Å². The summed E-state index contributed by atoms with van der Waals surface area (Å²) in [5.74, 6) is -1.01. The second-order valence-corrected chi connectivity index (χ2v) is 3.93. The average molecular weight is 239 g/mol. The van der Waals surface area contributed by atoms with Crippen LogP contribution < -0.4 is 0 Å². The van der Waals surface area contributed by atoms with E-state index in [4.69, 9.17) is 5.11 Å². The first-order chi connectivity index (χ1) is 8.70. The Morgan fingerprint density at radius 2 is 1.83 bits per heavy atom.